The number of hydrogen-bond donors (Lipinski definition) is 1. The van der Waals surface area contributed by atoms with Crippen LogP contribution in [-0.4, -0.2) is 29.7 Å². The average molecular weight is 432 g/mol. The van der Waals surface area contributed by atoms with E-state index in [0.717, 1.165) is 0 Å². The standard InChI is InChI=1S/C17H15Cl2NO6S/c1-9(27(23,24)25)17-13-7-11(19)3-5-16(13)26-15-4-2-10(18)6-12(15)14(17)8-20(21)22/h2-7,9,14,17H,8H2,1H3,(H,23,24,25)/t9?,14-,17-/m0/s1. The third kappa shape index (κ3) is 4.03. The highest BCUT2D eigenvalue weighted by molar-refractivity contribution is 7.86. The summed E-state index contributed by atoms with van der Waals surface area (Å²) in [5, 5.41) is 10.7. The molecule has 1 aliphatic heterocycles. The fourth-order valence-corrected chi connectivity index (χ4v) is 4.51. The van der Waals surface area contributed by atoms with E-state index in [-0.39, 0.29) is 0 Å². The maximum atomic E-state index is 11.9. The lowest BCUT2D eigenvalue weighted by Crippen LogP contribution is -2.32. The predicted octanol–water partition coefficient (Wildman–Crippen LogP) is 4.52. The third-order valence-electron chi connectivity index (χ3n) is 4.68. The van der Waals surface area contributed by atoms with Crippen molar-refractivity contribution in [1.29, 1.82) is 0 Å². The molecule has 1 N–H and O–H groups in total. The Morgan fingerprint density at radius 3 is 2.19 bits per heavy atom. The summed E-state index contributed by atoms with van der Waals surface area (Å²) in [5.41, 5.74) is 0.763. The van der Waals surface area contributed by atoms with E-state index in [2.05, 4.69) is 0 Å². The quantitative estimate of drug-likeness (QED) is 0.433. The Hall–Kier alpha value is -1.87. The molecule has 0 saturated carbocycles. The molecule has 1 unspecified atom stereocenters. The van der Waals surface area contributed by atoms with Crippen molar-refractivity contribution < 1.29 is 22.6 Å². The molecular formula is C17H15Cl2NO6S. The van der Waals surface area contributed by atoms with Gasteiger partial charge in [0, 0.05) is 32.0 Å². The summed E-state index contributed by atoms with van der Waals surface area (Å²) >= 11 is 12.2. The van der Waals surface area contributed by atoms with E-state index in [1.807, 2.05) is 0 Å². The van der Waals surface area contributed by atoms with Gasteiger partial charge in [-0.15, -0.1) is 0 Å². The van der Waals surface area contributed by atoms with Crippen LogP contribution in [0.3, 0.4) is 0 Å². The Bertz CT molecular complexity index is 1010. The topological polar surface area (TPSA) is 107 Å². The molecule has 3 atom stereocenters. The molecule has 2 aromatic rings. The molecule has 0 saturated heterocycles. The zero-order valence-electron chi connectivity index (χ0n) is 14.0. The van der Waals surface area contributed by atoms with Crippen molar-refractivity contribution in [2.24, 2.45) is 0 Å². The van der Waals surface area contributed by atoms with Crippen LogP contribution in [0.2, 0.25) is 10.0 Å². The first-order valence-corrected chi connectivity index (χ1v) is 10.2. The summed E-state index contributed by atoms with van der Waals surface area (Å²) in [6.45, 7) is 0.723. The third-order valence-corrected chi connectivity index (χ3v) is 6.38. The minimum atomic E-state index is -4.51. The van der Waals surface area contributed by atoms with Gasteiger partial charge in [0.15, 0.2) is 0 Å². The molecule has 144 valence electrons. The van der Waals surface area contributed by atoms with Gasteiger partial charge in [-0.3, -0.25) is 14.7 Å². The molecule has 0 aromatic heterocycles. The van der Waals surface area contributed by atoms with Gasteiger partial charge in [-0.05, 0) is 43.3 Å². The second-order valence-corrected chi connectivity index (χ2v) is 8.98. The molecule has 0 fully saturated rings. The maximum Gasteiger partial charge on any atom is 0.268 e. The van der Waals surface area contributed by atoms with Crippen LogP contribution in [0.5, 0.6) is 11.5 Å². The van der Waals surface area contributed by atoms with E-state index >= 15 is 0 Å². The van der Waals surface area contributed by atoms with E-state index in [4.69, 9.17) is 27.9 Å². The Balaban J connectivity index is 2.33. The second kappa shape index (κ2) is 7.27. The molecule has 3 rings (SSSR count). The molecule has 27 heavy (non-hydrogen) atoms. The van der Waals surface area contributed by atoms with Crippen LogP contribution in [0, 0.1) is 10.1 Å². The second-order valence-electron chi connectivity index (χ2n) is 6.33. The van der Waals surface area contributed by atoms with Crippen molar-refractivity contribution in [1.82, 2.24) is 0 Å². The Morgan fingerprint density at radius 1 is 1.15 bits per heavy atom. The predicted molar refractivity (Wildman–Crippen MR) is 101 cm³/mol. The first-order valence-electron chi connectivity index (χ1n) is 7.92. The van der Waals surface area contributed by atoms with Gasteiger partial charge in [-0.25, -0.2) is 0 Å². The molecule has 0 radical (unpaired) electrons. The van der Waals surface area contributed by atoms with E-state index in [0.29, 0.717) is 32.7 Å². The highest BCUT2D eigenvalue weighted by Gasteiger charge is 2.43. The number of rotatable bonds is 4. The summed E-state index contributed by atoms with van der Waals surface area (Å²) in [6, 6.07) is 9.30. The molecule has 0 aliphatic carbocycles. The molecule has 1 heterocycles. The maximum absolute atomic E-state index is 11.9. The van der Waals surface area contributed by atoms with Crippen molar-refractivity contribution in [3.05, 3.63) is 67.7 Å². The SMILES string of the molecule is CC([C@H]1c2cc(Cl)ccc2Oc2ccc(Cl)cc2[C@@H]1C[N+](=O)[O-])S(=O)(=O)O. The van der Waals surface area contributed by atoms with Gasteiger partial charge in [0.25, 0.3) is 10.1 Å². The van der Waals surface area contributed by atoms with Crippen molar-refractivity contribution in [2.75, 3.05) is 6.54 Å². The van der Waals surface area contributed by atoms with Gasteiger partial charge in [0.05, 0.1) is 11.2 Å². The van der Waals surface area contributed by atoms with Crippen molar-refractivity contribution >= 4 is 33.3 Å². The molecule has 10 heteroatoms. The molecule has 7 nitrogen and oxygen atoms in total. The first kappa shape index (κ1) is 19.9. The molecule has 1 aliphatic rings. The summed E-state index contributed by atoms with van der Waals surface area (Å²) in [4.78, 5) is 10.8. The van der Waals surface area contributed by atoms with Crippen LogP contribution in [0.25, 0.3) is 0 Å². The molecular weight excluding hydrogens is 417 g/mol. The summed E-state index contributed by atoms with van der Waals surface area (Å²) < 4.78 is 39.5. The van der Waals surface area contributed by atoms with Gasteiger partial charge in [0.1, 0.15) is 11.5 Å². The molecule has 2 aromatic carbocycles. The van der Waals surface area contributed by atoms with Crippen LogP contribution in [0.4, 0.5) is 0 Å². The lowest BCUT2D eigenvalue weighted by atomic mass is 9.79. The van der Waals surface area contributed by atoms with E-state index in [9.17, 15) is 23.1 Å². The van der Waals surface area contributed by atoms with Crippen LogP contribution >= 0.6 is 23.2 Å². The number of ether oxygens (including phenoxy) is 1. The fraction of sp³-hybridized carbons (Fsp3) is 0.294. The number of nitrogens with zero attached hydrogens (tertiary/aromatic N) is 1. The van der Waals surface area contributed by atoms with Crippen LogP contribution in [-0.2, 0) is 10.1 Å². The lowest BCUT2D eigenvalue weighted by molar-refractivity contribution is -0.484. The Labute approximate surface area is 165 Å². The van der Waals surface area contributed by atoms with Gasteiger partial charge in [-0.2, -0.15) is 8.42 Å². The van der Waals surface area contributed by atoms with Gasteiger partial charge < -0.3 is 4.74 Å². The van der Waals surface area contributed by atoms with Gasteiger partial charge in [-0.1, -0.05) is 23.2 Å². The van der Waals surface area contributed by atoms with E-state index in [1.165, 1.54) is 19.1 Å². The van der Waals surface area contributed by atoms with Crippen molar-refractivity contribution in [3.8, 4) is 11.5 Å². The first-order chi connectivity index (χ1) is 12.6. The van der Waals surface area contributed by atoms with Crippen molar-refractivity contribution in [3.63, 3.8) is 0 Å². The number of fused-ring (bicyclic) bond motifs is 2. The highest BCUT2D eigenvalue weighted by atomic mass is 35.5. The minimum Gasteiger partial charge on any atom is -0.457 e. The van der Waals surface area contributed by atoms with E-state index < -0.39 is 38.7 Å². The number of benzene rings is 2. The smallest absolute Gasteiger partial charge is 0.268 e. The fourth-order valence-electron chi connectivity index (χ4n) is 3.44. The number of hydrogen-bond acceptors (Lipinski definition) is 5. The average Bonchev–Trinajstić information content (AvgIpc) is 2.67. The number of halogens is 2. The molecule has 0 spiro atoms. The van der Waals surface area contributed by atoms with Crippen LogP contribution in [0.15, 0.2) is 36.4 Å². The van der Waals surface area contributed by atoms with Crippen LogP contribution < -0.4 is 4.74 Å². The highest BCUT2D eigenvalue weighted by Crippen LogP contribution is 2.50. The zero-order chi connectivity index (χ0) is 19.9. The monoisotopic (exact) mass is 431 g/mol. The normalized spacial score (nSPS) is 20.0. The summed E-state index contributed by atoms with van der Waals surface area (Å²) in [7, 11) is -4.51. The summed E-state index contributed by atoms with van der Waals surface area (Å²) in [6.07, 6.45) is 0. The lowest BCUT2D eigenvalue weighted by Gasteiger charge is -2.27. The minimum absolute atomic E-state index is 0.314. The van der Waals surface area contributed by atoms with E-state index in [1.54, 1.807) is 24.3 Å². The summed E-state index contributed by atoms with van der Waals surface area (Å²) in [5.74, 6) is -1.24. The van der Waals surface area contributed by atoms with Crippen molar-refractivity contribution in [2.45, 2.75) is 24.0 Å². The van der Waals surface area contributed by atoms with Crippen LogP contribution in [0.1, 0.15) is 29.9 Å². The largest absolute Gasteiger partial charge is 0.457 e. The number of nitro groups is 1. The molecule has 0 amide bonds. The molecule has 0 bridgehead atoms. The Morgan fingerprint density at radius 2 is 1.67 bits per heavy atom. The van der Waals surface area contributed by atoms with Gasteiger partial charge >= 0.3 is 0 Å². The Kier molecular flexibility index (Phi) is 5.36. The zero-order valence-corrected chi connectivity index (χ0v) is 16.3. The van der Waals surface area contributed by atoms with Gasteiger partial charge in [0.2, 0.25) is 6.54 Å².